The zero-order valence-corrected chi connectivity index (χ0v) is 12.1. The average molecular weight is 300 g/mol. The molecule has 2 aromatic heterocycles. The zero-order valence-electron chi connectivity index (χ0n) is 11.4. The minimum absolute atomic E-state index is 0.578. The molecule has 3 heterocycles. The number of hydrogen-bond acceptors (Lipinski definition) is 4. The van der Waals surface area contributed by atoms with Crippen LogP contribution in [0.4, 0.5) is 5.82 Å². The van der Waals surface area contributed by atoms with Crippen LogP contribution < -0.4 is 4.90 Å². The number of nitrogens with zero attached hydrogens (tertiary/aromatic N) is 5. The van der Waals surface area contributed by atoms with Crippen molar-refractivity contribution in [3.8, 4) is 0 Å². The Morgan fingerprint density at radius 2 is 2.05 bits per heavy atom. The van der Waals surface area contributed by atoms with Gasteiger partial charge < -0.3 is 4.90 Å². The van der Waals surface area contributed by atoms with Gasteiger partial charge in [0.1, 0.15) is 12.1 Å². The molecule has 0 amide bonds. The van der Waals surface area contributed by atoms with E-state index in [1.165, 1.54) is 0 Å². The molecule has 0 radical (unpaired) electrons. The Labute approximate surface area is 127 Å². The first-order valence-corrected chi connectivity index (χ1v) is 7.30. The van der Waals surface area contributed by atoms with Crippen molar-refractivity contribution in [2.75, 3.05) is 18.0 Å². The van der Waals surface area contributed by atoms with Crippen LogP contribution >= 0.6 is 11.6 Å². The van der Waals surface area contributed by atoms with E-state index in [0.29, 0.717) is 10.9 Å². The number of benzene rings is 1. The Morgan fingerprint density at radius 1 is 1.19 bits per heavy atom. The highest BCUT2D eigenvalue weighted by molar-refractivity contribution is 6.30. The predicted octanol–water partition coefficient (Wildman–Crippen LogP) is 2.62. The monoisotopic (exact) mass is 299 g/mol. The van der Waals surface area contributed by atoms with E-state index in [1.807, 2.05) is 29.1 Å². The molecule has 0 atom stereocenters. The number of para-hydroxylation sites is 1. The molecule has 106 valence electrons. The molecular weight excluding hydrogens is 286 g/mol. The van der Waals surface area contributed by atoms with Crippen LogP contribution in [0.3, 0.4) is 0 Å². The van der Waals surface area contributed by atoms with Gasteiger partial charge in [-0.1, -0.05) is 23.7 Å². The molecule has 4 rings (SSSR count). The van der Waals surface area contributed by atoms with Crippen LogP contribution in [-0.2, 0) is 6.54 Å². The van der Waals surface area contributed by atoms with Crippen molar-refractivity contribution in [3.63, 3.8) is 0 Å². The van der Waals surface area contributed by atoms with Crippen molar-refractivity contribution in [2.45, 2.75) is 6.54 Å². The molecule has 3 aromatic rings. The van der Waals surface area contributed by atoms with E-state index in [2.05, 4.69) is 26.0 Å². The first-order chi connectivity index (χ1) is 10.3. The van der Waals surface area contributed by atoms with E-state index >= 15 is 0 Å². The fraction of sp³-hybridized carbons (Fsp3) is 0.267. The molecule has 1 saturated heterocycles. The largest absolute Gasteiger partial charge is 0.355 e. The van der Waals surface area contributed by atoms with Crippen LogP contribution in [0.25, 0.3) is 10.9 Å². The van der Waals surface area contributed by atoms with Crippen LogP contribution in [0.15, 0.2) is 43.0 Å². The first kappa shape index (κ1) is 12.6. The summed E-state index contributed by atoms with van der Waals surface area (Å²) in [5.74, 6) is 1.60. The Kier molecular flexibility index (Phi) is 3.00. The van der Waals surface area contributed by atoms with Gasteiger partial charge in [0.15, 0.2) is 0 Å². The summed E-state index contributed by atoms with van der Waals surface area (Å²) in [4.78, 5) is 11.0. The molecule has 0 N–H and O–H groups in total. The number of hydrogen-bond donors (Lipinski definition) is 0. The van der Waals surface area contributed by atoms with Gasteiger partial charge in [0.2, 0.25) is 0 Å². The van der Waals surface area contributed by atoms with Gasteiger partial charge in [0.25, 0.3) is 0 Å². The van der Waals surface area contributed by atoms with Crippen LogP contribution in [-0.4, -0.2) is 32.8 Å². The Morgan fingerprint density at radius 3 is 2.86 bits per heavy atom. The number of halogens is 1. The van der Waals surface area contributed by atoms with E-state index in [9.17, 15) is 0 Å². The SMILES string of the molecule is Clc1cnn(CC2CN(c3ncnc4ccccc34)C2)c1. The lowest BCUT2D eigenvalue weighted by atomic mass is 9.99. The molecule has 5 nitrogen and oxygen atoms in total. The minimum atomic E-state index is 0.578. The lowest BCUT2D eigenvalue weighted by Crippen LogP contribution is -2.49. The van der Waals surface area contributed by atoms with Crippen molar-refractivity contribution < 1.29 is 0 Å². The molecule has 1 aliphatic heterocycles. The Hall–Kier alpha value is -2.14. The second-order valence-electron chi connectivity index (χ2n) is 5.37. The van der Waals surface area contributed by atoms with Crippen LogP contribution in [0.5, 0.6) is 0 Å². The minimum Gasteiger partial charge on any atom is -0.355 e. The number of anilines is 1. The standard InChI is InChI=1S/C15H14ClN5/c16-12-5-19-21(9-12)8-11-6-20(7-11)15-13-3-1-2-4-14(13)17-10-18-15/h1-5,9-11H,6-8H2. The second-order valence-corrected chi connectivity index (χ2v) is 5.80. The molecule has 0 saturated carbocycles. The maximum atomic E-state index is 5.88. The van der Waals surface area contributed by atoms with Crippen molar-refractivity contribution in [1.82, 2.24) is 19.7 Å². The third-order valence-corrected chi connectivity index (χ3v) is 4.02. The van der Waals surface area contributed by atoms with Crippen molar-refractivity contribution in [3.05, 3.63) is 48.0 Å². The highest BCUT2D eigenvalue weighted by Crippen LogP contribution is 2.29. The second kappa shape index (κ2) is 5.00. The molecular formula is C15H14ClN5. The summed E-state index contributed by atoms with van der Waals surface area (Å²) >= 11 is 5.88. The fourth-order valence-corrected chi connectivity index (χ4v) is 2.96. The van der Waals surface area contributed by atoms with E-state index in [0.717, 1.165) is 36.4 Å². The molecule has 1 fully saturated rings. The highest BCUT2D eigenvalue weighted by Gasteiger charge is 2.29. The van der Waals surface area contributed by atoms with Crippen molar-refractivity contribution >= 4 is 28.3 Å². The van der Waals surface area contributed by atoms with Gasteiger partial charge in [0, 0.05) is 37.1 Å². The van der Waals surface area contributed by atoms with Crippen molar-refractivity contribution in [1.29, 1.82) is 0 Å². The molecule has 1 aliphatic rings. The van der Waals surface area contributed by atoms with Gasteiger partial charge in [-0.3, -0.25) is 4.68 Å². The highest BCUT2D eigenvalue weighted by atomic mass is 35.5. The zero-order chi connectivity index (χ0) is 14.2. The average Bonchev–Trinajstić information content (AvgIpc) is 2.87. The molecule has 0 unspecified atom stereocenters. The lowest BCUT2D eigenvalue weighted by molar-refractivity contribution is 0.341. The molecule has 6 heteroatoms. The number of fused-ring (bicyclic) bond motifs is 1. The normalized spacial score (nSPS) is 15.4. The van der Waals surface area contributed by atoms with Crippen LogP contribution in [0.2, 0.25) is 5.02 Å². The summed E-state index contributed by atoms with van der Waals surface area (Å²) in [6.45, 7) is 2.86. The summed E-state index contributed by atoms with van der Waals surface area (Å²) in [7, 11) is 0. The summed E-state index contributed by atoms with van der Waals surface area (Å²) in [6, 6.07) is 8.12. The maximum absolute atomic E-state index is 5.88. The van der Waals surface area contributed by atoms with Gasteiger partial charge in [-0.25, -0.2) is 9.97 Å². The third-order valence-electron chi connectivity index (χ3n) is 3.83. The van der Waals surface area contributed by atoms with E-state index in [-0.39, 0.29) is 0 Å². The first-order valence-electron chi connectivity index (χ1n) is 6.92. The van der Waals surface area contributed by atoms with Crippen molar-refractivity contribution in [2.24, 2.45) is 5.92 Å². The molecule has 0 aliphatic carbocycles. The third kappa shape index (κ3) is 2.34. The smallest absolute Gasteiger partial charge is 0.139 e. The predicted molar refractivity (Wildman–Crippen MR) is 82.5 cm³/mol. The van der Waals surface area contributed by atoms with E-state index in [4.69, 9.17) is 11.6 Å². The van der Waals surface area contributed by atoms with Gasteiger partial charge in [0.05, 0.1) is 16.7 Å². The van der Waals surface area contributed by atoms with Gasteiger partial charge in [-0.15, -0.1) is 0 Å². The topological polar surface area (TPSA) is 46.8 Å². The van der Waals surface area contributed by atoms with Gasteiger partial charge in [-0.2, -0.15) is 5.10 Å². The van der Waals surface area contributed by atoms with Gasteiger partial charge in [-0.05, 0) is 12.1 Å². The number of rotatable bonds is 3. The summed E-state index contributed by atoms with van der Waals surface area (Å²) < 4.78 is 1.91. The summed E-state index contributed by atoms with van der Waals surface area (Å²) in [6.07, 6.45) is 5.18. The van der Waals surface area contributed by atoms with E-state index in [1.54, 1.807) is 12.5 Å². The summed E-state index contributed by atoms with van der Waals surface area (Å²) in [5.41, 5.74) is 0.991. The van der Waals surface area contributed by atoms with E-state index < -0.39 is 0 Å². The molecule has 0 bridgehead atoms. The quantitative estimate of drug-likeness (QED) is 0.746. The van der Waals surface area contributed by atoms with Crippen LogP contribution in [0, 0.1) is 5.92 Å². The lowest BCUT2D eigenvalue weighted by Gasteiger charge is -2.40. The molecule has 0 spiro atoms. The molecule has 1 aromatic carbocycles. The maximum Gasteiger partial charge on any atom is 0.139 e. The van der Waals surface area contributed by atoms with Crippen LogP contribution in [0.1, 0.15) is 0 Å². The Balaban J connectivity index is 1.49. The molecule has 21 heavy (non-hydrogen) atoms. The fourth-order valence-electron chi connectivity index (χ4n) is 2.80. The Bertz CT molecular complexity index is 773. The number of aromatic nitrogens is 4. The summed E-state index contributed by atoms with van der Waals surface area (Å²) in [5, 5.41) is 6.03. The van der Waals surface area contributed by atoms with Gasteiger partial charge >= 0.3 is 0 Å².